The molecule has 32 heavy (non-hydrogen) atoms. The maximum absolute atomic E-state index is 11.6. The zero-order valence-electron chi connectivity index (χ0n) is 18.3. The minimum absolute atomic E-state index is 0.168. The molecule has 1 aromatic carbocycles. The van der Waals surface area contributed by atoms with E-state index >= 15 is 0 Å². The van der Waals surface area contributed by atoms with Gasteiger partial charge >= 0.3 is 5.97 Å². The topological polar surface area (TPSA) is 112 Å². The van der Waals surface area contributed by atoms with Gasteiger partial charge in [-0.05, 0) is 36.5 Å². The van der Waals surface area contributed by atoms with E-state index < -0.39 is 12.1 Å². The second-order valence-electron chi connectivity index (χ2n) is 8.32. The summed E-state index contributed by atoms with van der Waals surface area (Å²) in [4.78, 5) is 19.5. The molecule has 3 heterocycles. The zero-order valence-corrected chi connectivity index (χ0v) is 19.1. The first-order valence-electron chi connectivity index (χ1n) is 11.1. The molecule has 1 aliphatic rings. The number of aryl methyl sites for hydroxylation is 1. The van der Waals surface area contributed by atoms with E-state index in [0.29, 0.717) is 23.1 Å². The van der Waals surface area contributed by atoms with Crippen LogP contribution in [0.4, 0.5) is 11.5 Å². The highest BCUT2D eigenvalue weighted by molar-refractivity contribution is 7.21. The summed E-state index contributed by atoms with van der Waals surface area (Å²) in [7, 11) is 0. The van der Waals surface area contributed by atoms with Crippen LogP contribution in [-0.4, -0.2) is 46.8 Å². The van der Waals surface area contributed by atoms with Crippen LogP contribution in [0.25, 0.3) is 10.2 Å². The van der Waals surface area contributed by atoms with Crippen LogP contribution in [0, 0.1) is 0 Å². The first kappa shape index (κ1) is 22.5. The van der Waals surface area contributed by atoms with Crippen molar-refractivity contribution >= 4 is 39.0 Å². The van der Waals surface area contributed by atoms with E-state index in [1.165, 1.54) is 0 Å². The number of pyridine rings is 1. The molecule has 0 unspecified atom stereocenters. The van der Waals surface area contributed by atoms with Gasteiger partial charge in [0.25, 0.3) is 0 Å². The molecule has 5 N–H and O–H groups in total. The van der Waals surface area contributed by atoms with Gasteiger partial charge in [0.1, 0.15) is 15.5 Å². The van der Waals surface area contributed by atoms with Crippen molar-refractivity contribution in [1.29, 1.82) is 0 Å². The molecule has 2 aromatic heterocycles. The van der Waals surface area contributed by atoms with E-state index in [9.17, 15) is 15.0 Å². The van der Waals surface area contributed by atoms with Crippen LogP contribution in [0.2, 0.25) is 0 Å². The summed E-state index contributed by atoms with van der Waals surface area (Å²) >= 11 is 1.16. The Bertz CT molecular complexity index is 1080. The Morgan fingerprint density at radius 3 is 2.69 bits per heavy atom. The number of piperidine rings is 1. The van der Waals surface area contributed by atoms with Crippen molar-refractivity contribution in [2.45, 2.75) is 44.8 Å². The van der Waals surface area contributed by atoms with Gasteiger partial charge < -0.3 is 26.2 Å². The molecule has 1 saturated heterocycles. The molecule has 0 saturated carbocycles. The van der Waals surface area contributed by atoms with Crippen molar-refractivity contribution in [2.24, 2.45) is 0 Å². The van der Waals surface area contributed by atoms with E-state index in [2.05, 4.69) is 23.2 Å². The van der Waals surface area contributed by atoms with Gasteiger partial charge in [-0.2, -0.15) is 0 Å². The third kappa shape index (κ3) is 4.72. The lowest BCUT2D eigenvalue weighted by atomic mass is 10.0. The van der Waals surface area contributed by atoms with Crippen molar-refractivity contribution in [1.82, 2.24) is 10.3 Å². The highest BCUT2D eigenvalue weighted by Gasteiger charge is 2.24. The molecule has 7 nitrogen and oxygen atoms in total. The number of thiophene rings is 1. The number of hydrogen-bond donors (Lipinski definition) is 4. The average Bonchev–Trinajstić information content (AvgIpc) is 3.15. The van der Waals surface area contributed by atoms with E-state index in [4.69, 9.17) is 10.7 Å². The molecule has 0 aliphatic carbocycles. The minimum atomic E-state index is -1.00. The van der Waals surface area contributed by atoms with E-state index in [0.717, 1.165) is 72.4 Å². The lowest BCUT2D eigenvalue weighted by Gasteiger charge is -2.34. The monoisotopic (exact) mass is 454 g/mol. The van der Waals surface area contributed by atoms with E-state index in [-0.39, 0.29) is 4.88 Å². The minimum Gasteiger partial charge on any atom is -0.477 e. The number of rotatable bonds is 8. The number of anilines is 2. The molecule has 1 fully saturated rings. The number of nitrogens with two attached hydrogens (primary N) is 1. The van der Waals surface area contributed by atoms with Crippen LogP contribution >= 0.6 is 11.3 Å². The summed E-state index contributed by atoms with van der Waals surface area (Å²) < 4.78 is 0. The van der Waals surface area contributed by atoms with Crippen LogP contribution < -0.4 is 16.0 Å². The molecule has 0 radical (unpaired) electrons. The van der Waals surface area contributed by atoms with Crippen molar-refractivity contribution < 1.29 is 15.0 Å². The Morgan fingerprint density at radius 1 is 1.31 bits per heavy atom. The quantitative estimate of drug-likeness (QED) is 0.409. The Balaban J connectivity index is 1.43. The number of nitrogens with zero attached hydrogens (tertiary/aromatic N) is 2. The van der Waals surface area contributed by atoms with Crippen molar-refractivity contribution in [3.63, 3.8) is 0 Å². The number of hydrogen-bond acceptors (Lipinski definition) is 7. The number of carboxylic acids is 1. The maximum atomic E-state index is 11.6. The van der Waals surface area contributed by atoms with Crippen LogP contribution in [0.5, 0.6) is 0 Å². The summed E-state index contributed by atoms with van der Waals surface area (Å²) in [5.41, 5.74) is 8.49. The summed E-state index contributed by atoms with van der Waals surface area (Å²) in [6.45, 7) is 4.35. The zero-order chi connectivity index (χ0) is 22.7. The number of benzene rings is 1. The number of nitrogen functional groups attached to an aromatic ring is 1. The molecular weight excluding hydrogens is 424 g/mol. The van der Waals surface area contributed by atoms with Gasteiger partial charge in [-0.3, -0.25) is 0 Å². The summed E-state index contributed by atoms with van der Waals surface area (Å²) in [5, 5.41) is 24.2. The third-order valence-corrected chi connectivity index (χ3v) is 7.17. The molecule has 0 bridgehead atoms. The Hall–Kier alpha value is -2.68. The van der Waals surface area contributed by atoms with Crippen molar-refractivity contribution in [2.75, 3.05) is 30.3 Å². The standard InChI is InChI=1S/C24H30N4O3S/c1-2-6-16-13-19(27-23-20(16)21(25)22(32-23)24(30)31)28-11-9-17(10-12-28)26-14-18(29)15-7-4-3-5-8-15/h3-5,7-8,13,17-18,26,29H,2,6,9-12,14,25H2,1H3,(H,30,31)/t18-/m1/s1. The maximum Gasteiger partial charge on any atom is 0.348 e. The molecule has 4 rings (SSSR count). The van der Waals surface area contributed by atoms with Crippen molar-refractivity contribution in [3.8, 4) is 0 Å². The lowest BCUT2D eigenvalue weighted by Crippen LogP contribution is -2.44. The smallest absolute Gasteiger partial charge is 0.348 e. The average molecular weight is 455 g/mol. The number of nitrogens with one attached hydrogen (secondary N) is 1. The molecule has 1 atom stereocenters. The normalized spacial score (nSPS) is 15.9. The second-order valence-corrected chi connectivity index (χ2v) is 9.31. The first-order chi connectivity index (χ1) is 15.5. The number of aliphatic hydroxyl groups is 1. The predicted molar refractivity (Wildman–Crippen MR) is 130 cm³/mol. The number of aromatic carboxylic acids is 1. The van der Waals surface area contributed by atoms with Gasteiger partial charge in [0.2, 0.25) is 0 Å². The molecule has 170 valence electrons. The van der Waals surface area contributed by atoms with Gasteiger partial charge in [0.15, 0.2) is 0 Å². The Morgan fingerprint density at radius 2 is 2.03 bits per heavy atom. The lowest BCUT2D eigenvalue weighted by molar-refractivity contribution is 0.0703. The van der Waals surface area contributed by atoms with Gasteiger partial charge in [-0.15, -0.1) is 11.3 Å². The number of carbonyl (C=O) groups is 1. The van der Waals surface area contributed by atoms with Gasteiger partial charge in [-0.1, -0.05) is 43.7 Å². The molecule has 0 spiro atoms. The van der Waals surface area contributed by atoms with E-state index in [1.807, 2.05) is 30.3 Å². The first-order valence-corrected chi connectivity index (χ1v) is 12.0. The fourth-order valence-corrected chi connectivity index (χ4v) is 5.33. The van der Waals surface area contributed by atoms with Crippen LogP contribution in [0.15, 0.2) is 36.4 Å². The molecule has 3 aromatic rings. The number of aromatic nitrogens is 1. The Kier molecular flexibility index (Phi) is 6.93. The SMILES string of the molecule is CCCc1cc(N2CCC(NC[C@@H](O)c3ccccc3)CC2)nc2sc(C(=O)O)c(N)c12. The molecule has 8 heteroatoms. The van der Waals surface area contributed by atoms with E-state index in [1.54, 1.807) is 0 Å². The summed E-state index contributed by atoms with van der Waals surface area (Å²) in [6, 6.07) is 12.1. The number of carboxylic acid groups (broad SMARTS) is 1. The van der Waals surface area contributed by atoms with Crippen LogP contribution in [-0.2, 0) is 6.42 Å². The van der Waals surface area contributed by atoms with Crippen LogP contribution in [0.3, 0.4) is 0 Å². The van der Waals surface area contributed by atoms with Gasteiger partial charge in [0, 0.05) is 31.1 Å². The highest BCUT2D eigenvalue weighted by atomic mass is 32.1. The number of fused-ring (bicyclic) bond motifs is 1. The van der Waals surface area contributed by atoms with Crippen molar-refractivity contribution in [3.05, 3.63) is 52.4 Å². The fraction of sp³-hybridized carbons (Fsp3) is 0.417. The highest BCUT2D eigenvalue weighted by Crippen LogP contribution is 2.37. The summed E-state index contributed by atoms with van der Waals surface area (Å²) in [6.07, 6.45) is 3.18. The molecular formula is C24H30N4O3S. The fourth-order valence-electron chi connectivity index (χ4n) is 4.36. The Labute approximate surface area is 191 Å². The molecule has 0 amide bonds. The van der Waals surface area contributed by atoms with Gasteiger partial charge in [-0.25, -0.2) is 9.78 Å². The van der Waals surface area contributed by atoms with Crippen LogP contribution in [0.1, 0.15) is 53.1 Å². The molecule has 1 aliphatic heterocycles. The van der Waals surface area contributed by atoms with Gasteiger partial charge in [0.05, 0.1) is 11.8 Å². The summed E-state index contributed by atoms with van der Waals surface area (Å²) in [5.74, 6) is -0.110. The largest absolute Gasteiger partial charge is 0.477 e. The second kappa shape index (κ2) is 9.85. The predicted octanol–water partition coefficient (Wildman–Crippen LogP) is 3.82. The number of aliphatic hydroxyl groups excluding tert-OH is 1. The third-order valence-electron chi connectivity index (χ3n) is 6.08.